The van der Waals surface area contributed by atoms with Crippen LogP contribution in [-0.2, 0) is 14.3 Å². The Morgan fingerprint density at radius 2 is 1.60 bits per heavy atom. The minimum atomic E-state index is -0.784. The van der Waals surface area contributed by atoms with Crippen molar-refractivity contribution in [3.05, 3.63) is 95.5 Å². The lowest BCUT2D eigenvalue weighted by Gasteiger charge is -2.43. The third-order valence-electron chi connectivity index (χ3n) is 18.7. The summed E-state index contributed by atoms with van der Waals surface area (Å²) in [6.45, 7) is 14.6. The van der Waals surface area contributed by atoms with Gasteiger partial charge in [0.1, 0.15) is 29.3 Å². The number of nitrogen functional groups attached to an aromatic ring is 1. The van der Waals surface area contributed by atoms with Gasteiger partial charge in [-0.15, -0.1) is 11.3 Å². The number of carbonyl (C=O) groups is 2. The number of nitrogens with two attached hydrogens (primary N) is 1. The van der Waals surface area contributed by atoms with Gasteiger partial charge in [0.05, 0.1) is 51.8 Å². The fourth-order valence-corrected chi connectivity index (χ4v) is 14.8. The smallest absolute Gasteiger partial charge is 0.234 e. The number of aromatic hydroxyl groups is 2. The standard InChI is InChI=1S/C63H80N10O8S/c1-37(2)60(63(78)72-35-45(74)27-52(72)55(76)14-9-38(3)41-10-13-50(56(77)25-41)61-39(4)66-36-82-61)57-31-58(68-81-57)70-23-16-40(17-24-70)32-69-21-18-46(19-22-69)79-47-28-48(29-47)80-59-26-42(15-20-65-59)73-43-11-12-44(73)34-71(33-43)53-30-51(67-62(53)64)49-7-5-6-8-54(49)75/h5-8,10,13,15,20,25-26,30-31,36-38,40,43-48,52,60,67,74-75,77H,9,11-12,14,16-19,21-24,27-29,32-35,64H2,1-4H3/t38-,43?,44?,45-,47?,48?,52+,60+/m1/s1. The number of hydrogen-bond donors (Lipinski definition) is 5. The fourth-order valence-electron chi connectivity index (χ4n) is 14.0. The van der Waals surface area contributed by atoms with Crippen LogP contribution in [0.15, 0.2) is 83.0 Å². The summed E-state index contributed by atoms with van der Waals surface area (Å²) in [6.07, 6.45) is 10.8. The number of aliphatic hydroxyl groups excluding tert-OH is 1. The highest BCUT2D eigenvalue weighted by atomic mass is 32.1. The fraction of sp³-hybridized carbons (Fsp3) is 0.540. The van der Waals surface area contributed by atoms with Crippen LogP contribution in [-0.4, -0.2) is 152 Å². The number of hydrogen-bond acceptors (Lipinski definition) is 17. The van der Waals surface area contributed by atoms with Gasteiger partial charge in [-0.25, -0.2) is 9.97 Å². The van der Waals surface area contributed by atoms with Gasteiger partial charge in [0.25, 0.3) is 0 Å². The van der Waals surface area contributed by atoms with E-state index in [1.54, 1.807) is 22.5 Å². The molecule has 6 aromatic rings. The van der Waals surface area contributed by atoms with Gasteiger partial charge in [0.15, 0.2) is 17.4 Å². The molecule has 2 aromatic carbocycles. The highest BCUT2D eigenvalue weighted by Crippen LogP contribution is 2.43. The maximum Gasteiger partial charge on any atom is 0.234 e. The molecule has 436 valence electrons. The molecule has 1 aliphatic carbocycles. The first-order chi connectivity index (χ1) is 39.7. The van der Waals surface area contributed by atoms with Crippen LogP contribution in [0.4, 0.5) is 23.0 Å². The molecular weight excluding hydrogens is 1060 g/mol. The largest absolute Gasteiger partial charge is 0.507 e. The Hall–Kier alpha value is -6.67. The number of aliphatic hydroxyl groups is 1. The predicted molar refractivity (Wildman–Crippen MR) is 318 cm³/mol. The average molecular weight is 1140 g/mol. The van der Waals surface area contributed by atoms with Crippen LogP contribution in [0, 0.1) is 18.8 Å². The summed E-state index contributed by atoms with van der Waals surface area (Å²) in [7, 11) is 0. The van der Waals surface area contributed by atoms with Crippen molar-refractivity contribution in [3.63, 3.8) is 0 Å². The van der Waals surface area contributed by atoms with Gasteiger partial charge in [-0.2, -0.15) is 0 Å². The zero-order valence-electron chi connectivity index (χ0n) is 47.7. The van der Waals surface area contributed by atoms with E-state index in [2.05, 4.69) is 57.9 Å². The van der Waals surface area contributed by atoms with E-state index >= 15 is 0 Å². The molecule has 19 heteroatoms. The van der Waals surface area contributed by atoms with Crippen LogP contribution in [0.5, 0.6) is 17.4 Å². The number of H-pyrrole nitrogens is 1. The summed E-state index contributed by atoms with van der Waals surface area (Å²) < 4.78 is 19.1. The maximum atomic E-state index is 14.4. The Bertz CT molecular complexity index is 3180. The Morgan fingerprint density at radius 1 is 0.829 bits per heavy atom. The van der Waals surface area contributed by atoms with Crippen LogP contribution in [0.1, 0.15) is 120 Å². The van der Waals surface area contributed by atoms with E-state index in [4.69, 9.17) is 19.7 Å². The summed E-state index contributed by atoms with van der Waals surface area (Å²) in [5, 5.41) is 36.6. The Kier molecular flexibility index (Phi) is 16.3. The van der Waals surface area contributed by atoms with Crippen molar-refractivity contribution in [3.8, 4) is 39.1 Å². The lowest BCUT2D eigenvalue weighted by molar-refractivity contribution is -0.140. The van der Waals surface area contributed by atoms with Crippen molar-refractivity contribution in [1.29, 1.82) is 0 Å². The molecule has 6 atom stereocenters. The SMILES string of the molecule is Cc1ncsc1-c1ccc([C@H](C)CCC(=O)[C@@H]2C[C@@H](O)CN2C(=O)[C@H](c2cc(N3CCC(CN4CCC(OC5CC(Oc6cc(N7C8CCC7CN(c7cc(-c9ccccc9O)[nH]c7N)C8)ccn6)C5)CC4)CC3)no2)C(C)C)cc1O. The zero-order chi connectivity index (χ0) is 56.8. The summed E-state index contributed by atoms with van der Waals surface area (Å²) in [4.78, 5) is 52.9. The molecule has 2 bridgehead atoms. The van der Waals surface area contributed by atoms with Crippen molar-refractivity contribution < 1.29 is 38.9 Å². The Morgan fingerprint density at radius 3 is 2.32 bits per heavy atom. The predicted octanol–water partition coefficient (Wildman–Crippen LogP) is 9.51. The number of rotatable bonds is 19. The number of phenolic OH excluding ortho intramolecular Hbond substituents is 2. The number of para-hydroxylation sites is 1. The number of ketones is 1. The first-order valence-corrected chi connectivity index (χ1v) is 30.8. The van der Waals surface area contributed by atoms with Gasteiger partial charge >= 0.3 is 0 Å². The van der Waals surface area contributed by atoms with E-state index in [0.29, 0.717) is 41.9 Å². The van der Waals surface area contributed by atoms with E-state index < -0.39 is 18.1 Å². The van der Waals surface area contributed by atoms with Crippen molar-refractivity contribution in [2.75, 3.05) is 72.8 Å². The third kappa shape index (κ3) is 11.8. The molecule has 2 unspecified atom stereocenters. The van der Waals surface area contributed by atoms with Crippen molar-refractivity contribution in [1.82, 2.24) is 29.9 Å². The van der Waals surface area contributed by atoms with Crippen molar-refractivity contribution in [2.24, 2.45) is 11.8 Å². The molecule has 1 amide bonds. The number of nitrogens with zero attached hydrogens (tertiary/aromatic N) is 8. The number of nitrogens with one attached hydrogen (secondary N) is 1. The summed E-state index contributed by atoms with van der Waals surface area (Å²) >= 11 is 1.49. The molecule has 6 fully saturated rings. The number of pyridine rings is 1. The molecule has 12 rings (SSSR count). The summed E-state index contributed by atoms with van der Waals surface area (Å²) in [5.41, 5.74) is 14.6. The van der Waals surface area contributed by atoms with Gasteiger partial charge in [0, 0.05) is 125 Å². The molecule has 82 heavy (non-hydrogen) atoms. The summed E-state index contributed by atoms with van der Waals surface area (Å²) in [6, 6.07) is 21.2. The summed E-state index contributed by atoms with van der Waals surface area (Å²) in [5.74, 6) is 2.47. The van der Waals surface area contributed by atoms with Crippen LogP contribution in [0.25, 0.3) is 21.7 Å². The van der Waals surface area contributed by atoms with Gasteiger partial charge < -0.3 is 64.5 Å². The topological polar surface area (TPSA) is 223 Å². The number of phenols is 2. The number of piperidine rings is 2. The number of aromatic nitrogens is 4. The number of thiazole rings is 1. The van der Waals surface area contributed by atoms with Crippen LogP contribution in [0.2, 0.25) is 0 Å². The molecule has 9 heterocycles. The number of benzene rings is 2. The number of aromatic amines is 1. The number of Topliss-reactive ketones (excluding diaryl/α,β-unsaturated/α-hetero) is 1. The first kappa shape index (κ1) is 55.8. The third-order valence-corrected chi connectivity index (χ3v) is 19.6. The van der Waals surface area contributed by atoms with E-state index in [1.165, 1.54) is 11.3 Å². The second kappa shape index (κ2) is 23.9. The normalized spacial score (nSPS) is 24.3. The molecular formula is C63H80N10O8S. The highest BCUT2D eigenvalue weighted by Gasteiger charge is 2.44. The number of fused-ring (bicyclic) bond motifs is 2. The van der Waals surface area contributed by atoms with E-state index in [1.807, 2.05) is 70.3 Å². The molecule has 18 nitrogen and oxygen atoms in total. The van der Waals surface area contributed by atoms with Crippen LogP contribution >= 0.6 is 11.3 Å². The molecule has 0 spiro atoms. The van der Waals surface area contributed by atoms with E-state index in [-0.39, 0.29) is 72.7 Å². The lowest BCUT2D eigenvalue weighted by atomic mass is 9.90. The van der Waals surface area contributed by atoms with E-state index in [0.717, 1.165) is 147 Å². The van der Waals surface area contributed by atoms with Crippen molar-refractivity contribution in [2.45, 2.75) is 153 Å². The molecule has 6 aliphatic rings. The minimum absolute atomic E-state index is 0.00554. The number of anilines is 4. The molecule has 5 aliphatic heterocycles. The quantitative estimate of drug-likeness (QED) is 0.0509. The minimum Gasteiger partial charge on any atom is -0.507 e. The number of likely N-dealkylation sites (tertiary alicyclic amines) is 2. The Balaban J connectivity index is 0.559. The average Bonchev–Trinajstić information content (AvgIpc) is 4.50. The number of piperazine rings is 1. The molecule has 5 saturated heterocycles. The van der Waals surface area contributed by atoms with Crippen molar-refractivity contribution >= 4 is 46.0 Å². The molecule has 1 saturated carbocycles. The second-order valence-corrected chi connectivity index (χ2v) is 25.5. The number of aryl methyl sites for hydroxylation is 1. The highest BCUT2D eigenvalue weighted by molar-refractivity contribution is 7.13. The van der Waals surface area contributed by atoms with Crippen LogP contribution in [0.3, 0.4) is 0 Å². The second-order valence-electron chi connectivity index (χ2n) is 24.6. The molecule has 4 aromatic heterocycles. The molecule has 6 N–H and O–H groups in total. The Labute approximate surface area is 484 Å². The van der Waals surface area contributed by atoms with Gasteiger partial charge in [-0.05, 0) is 112 Å². The van der Waals surface area contributed by atoms with Gasteiger partial charge in [-0.1, -0.05) is 44.1 Å². The zero-order valence-corrected chi connectivity index (χ0v) is 48.6. The number of β-amino-alcohol motifs (C(OH)–C–C–N with tert-alkyl or cyclic N) is 1. The monoisotopic (exact) mass is 1140 g/mol. The number of ether oxygens (including phenoxy) is 2. The van der Waals surface area contributed by atoms with Gasteiger partial charge in [0.2, 0.25) is 11.8 Å². The van der Waals surface area contributed by atoms with Crippen LogP contribution < -0.4 is 25.2 Å². The first-order valence-electron chi connectivity index (χ1n) is 30.0. The number of carbonyl (C=O) groups excluding carboxylic acids is 2. The maximum absolute atomic E-state index is 14.4. The number of amides is 1. The lowest BCUT2D eigenvalue weighted by Crippen LogP contribution is -2.54. The molecule has 0 radical (unpaired) electrons. The van der Waals surface area contributed by atoms with E-state index in [9.17, 15) is 24.9 Å². The van der Waals surface area contributed by atoms with Gasteiger partial charge in [-0.3, -0.25) is 9.59 Å².